The van der Waals surface area contributed by atoms with Crippen LogP contribution in [0.2, 0.25) is 0 Å². The predicted octanol–water partition coefficient (Wildman–Crippen LogP) is 2.69. The maximum atomic E-state index is 12.7. The number of carbonyl (C=O) groups excluding carboxylic acids is 2. The van der Waals surface area contributed by atoms with E-state index in [2.05, 4.69) is 34.7 Å². The number of amides is 2. The molecular weight excluding hydrogens is 404 g/mol. The van der Waals surface area contributed by atoms with Gasteiger partial charge in [0.15, 0.2) is 0 Å². The van der Waals surface area contributed by atoms with Crippen molar-refractivity contribution in [1.29, 1.82) is 0 Å². The van der Waals surface area contributed by atoms with Gasteiger partial charge in [-0.1, -0.05) is 30.7 Å². The van der Waals surface area contributed by atoms with Crippen molar-refractivity contribution in [3.05, 3.63) is 53.3 Å². The van der Waals surface area contributed by atoms with Crippen LogP contribution in [0.5, 0.6) is 0 Å². The number of likely N-dealkylation sites (tertiary alicyclic amines) is 1. The van der Waals surface area contributed by atoms with E-state index in [1.165, 1.54) is 17.5 Å². The maximum absolute atomic E-state index is 12.7. The van der Waals surface area contributed by atoms with Crippen molar-refractivity contribution >= 4 is 11.8 Å². The summed E-state index contributed by atoms with van der Waals surface area (Å²) in [6.45, 7) is 1.92. The quantitative estimate of drug-likeness (QED) is 0.782. The third kappa shape index (κ3) is 4.18. The number of aromatic nitrogens is 2. The number of aryl methyl sites for hydroxylation is 1. The highest BCUT2D eigenvalue weighted by atomic mass is 16.5. The zero-order chi connectivity index (χ0) is 22.1. The summed E-state index contributed by atoms with van der Waals surface area (Å²) in [5.41, 5.74) is 3.08. The standard InChI is InChI=1S/C25H32N4O3/c1-28-17-18(16-27-28)15-26-23(30)14-21-13-20-5-2-3-8-22(20)25(32-21)9-11-29(12-10-25)24(31)19-6-4-7-19/h2-3,5,8,16-17,19,21H,4,6-7,9-15H2,1H3,(H,26,30). The van der Waals surface area contributed by atoms with E-state index in [0.29, 0.717) is 18.9 Å². The van der Waals surface area contributed by atoms with Gasteiger partial charge in [-0.15, -0.1) is 0 Å². The highest BCUT2D eigenvalue weighted by Crippen LogP contribution is 2.44. The summed E-state index contributed by atoms with van der Waals surface area (Å²) in [7, 11) is 1.86. The van der Waals surface area contributed by atoms with E-state index in [-0.39, 0.29) is 17.9 Å². The molecule has 1 aromatic carbocycles. The number of fused-ring (bicyclic) bond motifs is 2. The second-order valence-corrected chi connectivity index (χ2v) is 9.55. The van der Waals surface area contributed by atoms with Gasteiger partial charge in [0, 0.05) is 44.4 Å². The Balaban J connectivity index is 1.25. The van der Waals surface area contributed by atoms with Gasteiger partial charge in [-0.05, 0) is 43.2 Å². The van der Waals surface area contributed by atoms with Gasteiger partial charge < -0.3 is 15.0 Å². The van der Waals surface area contributed by atoms with Gasteiger partial charge in [0.1, 0.15) is 0 Å². The van der Waals surface area contributed by atoms with Crippen LogP contribution in [0.15, 0.2) is 36.7 Å². The molecule has 2 aromatic rings. The van der Waals surface area contributed by atoms with Gasteiger partial charge in [-0.3, -0.25) is 14.3 Å². The third-order valence-corrected chi connectivity index (χ3v) is 7.35. The molecule has 1 saturated heterocycles. The molecule has 7 heteroatoms. The summed E-state index contributed by atoms with van der Waals surface area (Å²) in [5.74, 6) is 0.548. The molecule has 32 heavy (non-hydrogen) atoms. The fraction of sp³-hybridized carbons (Fsp3) is 0.560. The monoisotopic (exact) mass is 436 g/mol. The second-order valence-electron chi connectivity index (χ2n) is 9.55. The van der Waals surface area contributed by atoms with Crippen LogP contribution in [0.1, 0.15) is 55.2 Å². The first-order chi connectivity index (χ1) is 15.5. The number of ether oxygens (including phenoxy) is 1. The van der Waals surface area contributed by atoms with Crippen LogP contribution in [0.3, 0.4) is 0 Å². The van der Waals surface area contributed by atoms with Crippen LogP contribution in [-0.4, -0.2) is 45.7 Å². The lowest BCUT2D eigenvalue weighted by atomic mass is 9.77. The fourth-order valence-corrected chi connectivity index (χ4v) is 5.36. The number of benzene rings is 1. The Morgan fingerprint density at radius 1 is 1.22 bits per heavy atom. The first-order valence-electron chi connectivity index (χ1n) is 11.8. The molecule has 1 spiro atoms. The molecule has 1 aromatic heterocycles. The largest absolute Gasteiger partial charge is 0.366 e. The number of carbonyl (C=O) groups is 2. The Kier molecular flexibility index (Phi) is 5.76. The first kappa shape index (κ1) is 21.2. The summed E-state index contributed by atoms with van der Waals surface area (Å²) < 4.78 is 8.41. The molecule has 3 heterocycles. The predicted molar refractivity (Wildman–Crippen MR) is 120 cm³/mol. The fourth-order valence-electron chi connectivity index (χ4n) is 5.36. The van der Waals surface area contributed by atoms with Crippen molar-refractivity contribution in [1.82, 2.24) is 20.0 Å². The number of nitrogens with zero attached hydrogens (tertiary/aromatic N) is 3. The first-order valence-corrected chi connectivity index (χ1v) is 11.8. The Labute approximate surface area is 189 Å². The van der Waals surface area contributed by atoms with Gasteiger partial charge in [0.25, 0.3) is 0 Å². The zero-order valence-electron chi connectivity index (χ0n) is 18.8. The smallest absolute Gasteiger partial charge is 0.225 e. The van der Waals surface area contributed by atoms with Gasteiger partial charge in [0.05, 0.1) is 24.3 Å². The second kappa shape index (κ2) is 8.70. The summed E-state index contributed by atoms with van der Waals surface area (Å²) >= 11 is 0. The van der Waals surface area contributed by atoms with Gasteiger partial charge >= 0.3 is 0 Å². The minimum absolute atomic E-state index is 0.00835. The van der Waals surface area contributed by atoms with E-state index in [4.69, 9.17) is 4.74 Å². The topological polar surface area (TPSA) is 76.5 Å². The number of piperidine rings is 1. The number of hydrogen-bond acceptors (Lipinski definition) is 4. The van der Waals surface area contributed by atoms with Crippen LogP contribution < -0.4 is 5.32 Å². The molecule has 1 unspecified atom stereocenters. The molecule has 1 N–H and O–H groups in total. The van der Waals surface area contributed by atoms with Crippen LogP contribution in [-0.2, 0) is 39.9 Å². The zero-order valence-corrected chi connectivity index (χ0v) is 18.8. The molecule has 5 rings (SSSR count). The molecule has 2 amide bonds. The lowest BCUT2D eigenvalue weighted by Gasteiger charge is -2.48. The molecule has 3 aliphatic rings. The van der Waals surface area contributed by atoms with Crippen molar-refractivity contribution in [3.8, 4) is 0 Å². The number of hydrogen-bond donors (Lipinski definition) is 1. The van der Waals surface area contributed by atoms with E-state index in [1.807, 2.05) is 18.1 Å². The van der Waals surface area contributed by atoms with Crippen molar-refractivity contribution in [3.63, 3.8) is 0 Å². The van der Waals surface area contributed by atoms with Crippen molar-refractivity contribution < 1.29 is 14.3 Å². The average Bonchev–Trinajstić information content (AvgIpc) is 3.17. The lowest BCUT2D eigenvalue weighted by molar-refractivity contribution is -0.160. The lowest BCUT2D eigenvalue weighted by Crippen LogP contribution is -2.52. The molecule has 0 bridgehead atoms. The molecule has 1 atom stereocenters. The molecule has 0 radical (unpaired) electrons. The third-order valence-electron chi connectivity index (χ3n) is 7.35. The number of rotatable bonds is 5. The SMILES string of the molecule is Cn1cc(CNC(=O)CC2Cc3ccccc3C3(CCN(C(=O)C4CCC4)CC3)O2)cn1. The van der Waals surface area contributed by atoms with E-state index >= 15 is 0 Å². The van der Waals surface area contributed by atoms with E-state index in [0.717, 1.165) is 50.8 Å². The van der Waals surface area contributed by atoms with E-state index in [1.54, 1.807) is 10.9 Å². The Bertz CT molecular complexity index is 989. The van der Waals surface area contributed by atoms with Crippen LogP contribution in [0.4, 0.5) is 0 Å². The van der Waals surface area contributed by atoms with E-state index < -0.39 is 5.60 Å². The van der Waals surface area contributed by atoms with Crippen molar-refractivity contribution in [2.45, 2.75) is 63.2 Å². The summed E-state index contributed by atoms with van der Waals surface area (Å²) in [6, 6.07) is 8.45. The highest BCUT2D eigenvalue weighted by Gasteiger charge is 2.45. The van der Waals surface area contributed by atoms with Crippen molar-refractivity contribution in [2.75, 3.05) is 13.1 Å². The average molecular weight is 437 g/mol. The molecule has 1 saturated carbocycles. The van der Waals surface area contributed by atoms with Crippen LogP contribution >= 0.6 is 0 Å². The van der Waals surface area contributed by atoms with Crippen LogP contribution in [0, 0.1) is 5.92 Å². The summed E-state index contributed by atoms with van der Waals surface area (Å²) in [4.78, 5) is 27.4. The Morgan fingerprint density at radius 2 is 2.00 bits per heavy atom. The molecule has 7 nitrogen and oxygen atoms in total. The Morgan fingerprint density at radius 3 is 2.69 bits per heavy atom. The summed E-state index contributed by atoms with van der Waals surface area (Å²) in [6.07, 6.45) is 9.41. The minimum Gasteiger partial charge on any atom is -0.366 e. The van der Waals surface area contributed by atoms with Crippen LogP contribution in [0.25, 0.3) is 0 Å². The maximum Gasteiger partial charge on any atom is 0.225 e. The highest BCUT2D eigenvalue weighted by molar-refractivity contribution is 5.79. The minimum atomic E-state index is -0.403. The molecule has 2 fully saturated rings. The van der Waals surface area contributed by atoms with Gasteiger partial charge in [-0.25, -0.2) is 0 Å². The van der Waals surface area contributed by atoms with Crippen molar-refractivity contribution in [2.24, 2.45) is 13.0 Å². The molecule has 1 aliphatic carbocycles. The van der Waals surface area contributed by atoms with Gasteiger partial charge in [-0.2, -0.15) is 5.10 Å². The van der Waals surface area contributed by atoms with Gasteiger partial charge in [0.2, 0.25) is 11.8 Å². The molecule has 170 valence electrons. The normalized spacial score (nSPS) is 22.3. The molecule has 2 aliphatic heterocycles. The number of nitrogens with one attached hydrogen (secondary N) is 1. The summed E-state index contributed by atoms with van der Waals surface area (Å²) in [5, 5.41) is 7.14. The van der Waals surface area contributed by atoms with E-state index in [9.17, 15) is 9.59 Å². The molecular formula is C25H32N4O3. The Hall–Kier alpha value is -2.67.